The van der Waals surface area contributed by atoms with Gasteiger partial charge in [-0.25, -0.2) is 8.42 Å². The molecule has 1 saturated carbocycles. The number of aliphatic hydroxyl groups excluding tert-OH is 1. The van der Waals surface area contributed by atoms with Crippen LogP contribution in [0.15, 0.2) is 18.2 Å². The first-order valence-corrected chi connectivity index (χ1v) is 8.60. The third kappa shape index (κ3) is 3.85. The van der Waals surface area contributed by atoms with Crippen LogP contribution in [0.1, 0.15) is 31.2 Å². The monoisotopic (exact) mass is 357 g/mol. The molecular weight excluding hydrogens is 343 g/mol. The first kappa shape index (κ1) is 17.4. The number of rotatable bonds is 3. The van der Waals surface area contributed by atoms with Crippen LogP contribution in [-0.2, 0) is 16.2 Å². The summed E-state index contributed by atoms with van der Waals surface area (Å²) in [7, 11) is -4.12. The fourth-order valence-corrected chi connectivity index (χ4v) is 4.34. The van der Waals surface area contributed by atoms with Crippen LogP contribution in [0.3, 0.4) is 0 Å². The molecule has 1 aliphatic carbocycles. The molecule has 1 fully saturated rings. The van der Waals surface area contributed by atoms with Crippen LogP contribution in [0.25, 0.3) is 0 Å². The van der Waals surface area contributed by atoms with Crippen molar-refractivity contribution in [3.63, 3.8) is 0 Å². The van der Waals surface area contributed by atoms with Gasteiger partial charge in [-0.1, -0.05) is 24.4 Å². The van der Waals surface area contributed by atoms with E-state index >= 15 is 0 Å². The van der Waals surface area contributed by atoms with E-state index in [0.717, 1.165) is 6.07 Å². The summed E-state index contributed by atoms with van der Waals surface area (Å²) < 4.78 is 65.4. The average Bonchev–Trinajstić information content (AvgIpc) is 2.39. The van der Waals surface area contributed by atoms with Gasteiger partial charge in [-0.2, -0.15) is 13.2 Å². The molecule has 2 atom stereocenters. The van der Waals surface area contributed by atoms with Gasteiger partial charge in [0.25, 0.3) is 0 Å². The molecule has 0 aromatic heterocycles. The van der Waals surface area contributed by atoms with E-state index in [4.69, 9.17) is 11.6 Å². The lowest BCUT2D eigenvalue weighted by atomic mass is 9.97. The summed E-state index contributed by atoms with van der Waals surface area (Å²) in [5, 5.41) is 8.54. The van der Waals surface area contributed by atoms with Crippen LogP contribution < -0.4 is 4.72 Å². The van der Waals surface area contributed by atoms with E-state index in [1.54, 1.807) is 0 Å². The first-order valence-electron chi connectivity index (χ1n) is 6.68. The standard InChI is InChI=1S/C13H15ClF3NO3S/c14-8-5-6-10(9(7-8)13(15,16)17)18-22(20,21)12-4-2-1-3-11(12)19/h5-7,11-12,18-19H,1-4H2. The summed E-state index contributed by atoms with van der Waals surface area (Å²) in [4.78, 5) is 0. The third-order valence-electron chi connectivity index (χ3n) is 3.61. The second kappa shape index (κ2) is 6.25. The van der Waals surface area contributed by atoms with E-state index < -0.39 is 38.8 Å². The van der Waals surface area contributed by atoms with Crippen molar-refractivity contribution in [1.82, 2.24) is 0 Å². The summed E-state index contributed by atoms with van der Waals surface area (Å²) in [6.45, 7) is 0. The average molecular weight is 358 g/mol. The molecule has 2 rings (SSSR count). The molecule has 22 heavy (non-hydrogen) atoms. The molecule has 0 spiro atoms. The van der Waals surface area contributed by atoms with Crippen LogP contribution in [-0.4, -0.2) is 24.9 Å². The van der Waals surface area contributed by atoms with Gasteiger partial charge in [-0.3, -0.25) is 4.72 Å². The van der Waals surface area contributed by atoms with Crippen LogP contribution in [0, 0.1) is 0 Å². The molecule has 124 valence electrons. The van der Waals surface area contributed by atoms with E-state index in [1.807, 2.05) is 4.72 Å². The Hall–Kier alpha value is -0.990. The van der Waals surface area contributed by atoms with Crippen molar-refractivity contribution in [1.29, 1.82) is 0 Å². The highest BCUT2D eigenvalue weighted by Crippen LogP contribution is 2.37. The van der Waals surface area contributed by atoms with Crippen LogP contribution >= 0.6 is 11.6 Å². The molecule has 0 aliphatic heterocycles. The Bertz CT molecular complexity index is 648. The number of aliphatic hydroxyl groups is 1. The van der Waals surface area contributed by atoms with Crippen molar-refractivity contribution in [2.24, 2.45) is 0 Å². The van der Waals surface area contributed by atoms with Gasteiger partial charge in [0.15, 0.2) is 0 Å². The molecule has 9 heteroatoms. The van der Waals surface area contributed by atoms with Gasteiger partial charge in [-0.05, 0) is 31.0 Å². The second-order valence-electron chi connectivity index (χ2n) is 5.22. The Labute approximate surface area is 131 Å². The lowest BCUT2D eigenvalue weighted by Gasteiger charge is -2.28. The van der Waals surface area contributed by atoms with Gasteiger partial charge in [-0.15, -0.1) is 0 Å². The molecule has 2 unspecified atom stereocenters. The largest absolute Gasteiger partial charge is 0.418 e. The number of benzene rings is 1. The second-order valence-corrected chi connectivity index (χ2v) is 7.56. The number of halogens is 4. The van der Waals surface area contributed by atoms with E-state index in [0.29, 0.717) is 25.3 Å². The quantitative estimate of drug-likeness (QED) is 0.871. The maximum absolute atomic E-state index is 13.0. The van der Waals surface area contributed by atoms with Crippen LogP contribution in [0.2, 0.25) is 5.02 Å². The summed E-state index contributed by atoms with van der Waals surface area (Å²) in [6.07, 6.45) is -3.98. The van der Waals surface area contributed by atoms with Crippen molar-refractivity contribution in [3.8, 4) is 0 Å². The van der Waals surface area contributed by atoms with E-state index in [2.05, 4.69) is 0 Å². The Morgan fingerprint density at radius 2 is 1.86 bits per heavy atom. The van der Waals surface area contributed by atoms with Crippen molar-refractivity contribution in [3.05, 3.63) is 28.8 Å². The highest BCUT2D eigenvalue weighted by molar-refractivity contribution is 7.93. The third-order valence-corrected chi connectivity index (χ3v) is 5.69. The molecule has 0 radical (unpaired) electrons. The molecule has 0 saturated heterocycles. The van der Waals surface area contributed by atoms with Gasteiger partial charge < -0.3 is 5.11 Å². The lowest BCUT2D eigenvalue weighted by Crippen LogP contribution is -2.40. The molecule has 0 amide bonds. The Morgan fingerprint density at radius 3 is 2.45 bits per heavy atom. The minimum absolute atomic E-state index is 0.145. The van der Waals surface area contributed by atoms with Crippen molar-refractivity contribution in [2.45, 2.75) is 43.2 Å². The molecule has 0 heterocycles. The number of nitrogens with one attached hydrogen (secondary N) is 1. The minimum atomic E-state index is -4.74. The normalized spacial score (nSPS) is 23.3. The van der Waals surface area contributed by atoms with Crippen molar-refractivity contribution >= 4 is 27.3 Å². The number of hydrogen-bond acceptors (Lipinski definition) is 3. The van der Waals surface area contributed by atoms with Gasteiger partial charge >= 0.3 is 6.18 Å². The Morgan fingerprint density at radius 1 is 1.23 bits per heavy atom. The maximum atomic E-state index is 13.0. The summed E-state index contributed by atoms with van der Waals surface area (Å²) >= 11 is 5.55. The maximum Gasteiger partial charge on any atom is 0.418 e. The minimum Gasteiger partial charge on any atom is -0.392 e. The van der Waals surface area contributed by atoms with E-state index in [-0.39, 0.29) is 11.4 Å². The fourth-order valence-electron chi connectivity index (χ4n) is 2.51. The van der Waals surface area contributed by atoms with Crippen molar-refractivity contribution in [2.75, 3.05) is 4.72 Å². The van der Waals surface area contributed by atoms with Gasteiger partial charge in [0.1, 0.15) is 5.25 Å². The number of sulfonamides is 1. The molecular formula is C13H15ClF3NO3S. The Balaban J connectivity index is 2.34. The summed E-state index contributed by atoms with van der Waals surface area (Å²) in [5.74, 6) is 0. The lowest BCUT2D eigenvalue weighted by molar-refractivity contribution is -0.136. The molecule has 1 aromatic carbocycles. The van der Waals surface area contributed by atoms with Crippen LogP contribution in [0.5, 0.6) is 0 Å². The zero-order valence-electron chi connectivity index (χ0n) is 11.4. The van der Waals surface area contributed by atoms with Crippen LogP contribution in [0.4, 0.5) is 18.9 Å². The molecule has 1 aliphatic rings. The smallest absolute Gasteiger partial charge is 0.392 e. The predicted molar refractivity (Wildman–Crippen MR) is 77.3 cm³/mol. The van der Waals surface area contributed by atoms with E-state index in [9.17, 15) is 26.7 Å². The van der Waals surface area contributed by atoms with Gasteiger partial charge in [0, 0.05) is 5.02 Å². The number of hydrogen-bond donors (Lipinski definition) is 2. The first-order chi connectivity index (χ1) is 10.1. The van der Waals surface area contributed by atoms with Gasteiger partial charge in [0.05, 0.1) is 17.4 Å². The zero-order chi connectivity index (χ0) is 16.5. The molecule has 4 nitrogen and oxygen atoms in total. The molecule has 0 bridgehead atoms. The number of anilines is 1. The number of alkyl halides is 3. The Kier molecular flexibility index (Phi) is 4.93. The highest BCUT2D eigenvalue weighted by Gasteiger charge is 2.38. The SMILES string of the molecule is O=S(=O)(Nc1ccc(Cl)cc1C(F)(F)F)C1CCCCC1O. The predicted octanol–water partition coefficient (Wildman–Crippen LogP) is 3.40. The van der Waals surface area contributed by atoms with Crippen molar-refractivity contribution < 1.29 is 26.7 Å². The van der Waals surface area contributed by atoms with E-state index in [1.165, 1.54) is 6.07 Å². The molecule has 1 aromatic rings. The summed E-state index contributed by atoms with van der Waals surface area (Å²) in [6, 6.07) is 2.81. The zero-order valence-corrected chi connectivity index (χ0v) is 13.0. The highest BCUT2D eigenvalue weighted by atomic mass is 35.5. The fraction of sp³-hybridized carbons (Fsp3) is 0.538. The molecule has 2 N–H and O–H groups in total. The van der Waals surface area contributed by atoms with Gasteiger partial charge in [0.2, 0.25) is 10.0 Å². The topological polar surface area (TPSA) is 66.4 Å². The summed E-state index contributed by atoms with van der Waals surface area (Å²) in [5.41, 5.74) is -1.75.